The SMILES string of the molecule is CCC(C)NCC(O)c1cccc(OC)c1. The third kappa shape index (κ3) is 3.83. The lowest BCUT2D eigenvalue weighted by molar-refractivity contribution is 0.170. The van der Waals surface area contributed by atoms with Crippen molar-refractivity contribution >= 4 is 0 Å². The number of methoxy groups -OCH3 is 1. The van der Waals surface area contributed by atoms with Crippen molar-refractivity contribution in [3.8, 4) is 5.75 Å². The zero-order chi connectivity index (χ0) is 12.0. The highest BCUT2D eigenvalue weighted by Crippen LogP contribution is 2.18. The first-order valence-electron chi connectivity index (χ1n) is 5.72. The van der Waals surface area contributed by atoms with Crippen molar-refractivity contribution in [1.29, 1.82) is 0 Å². The molecule has 0 bridgehead atoms. The standard InChI is InChI=1S/C13H21NO2/c1-4-10(2)14-9-13(15)11-6-5-7-12(8-11)16-3/h5-8,10,13-15H,4,9H2,1-3H3. The average molecular weight is 223 g/mol. The Bertz CT molecular complexity index is 315. The molecule has 90 valence electrons. The summed E-state index contributed by atoms with van der Waals surface area (Å²) in [4.78, 5) is 0. The van der Waals surface area contributed by atoms with Crippen LogP contribution in [-0.2, 0) is 0 Å². The highest BCUT2D eigenvalue weighted by atomic mass is 16.5. The molecular weight excluding hydrogens is 202 g/mol. The quantitative estimate of drug-likeness (QED) is 0.776. The van der Waals surface area contributed by atoms with Gasteiger partial charge in [0.05, 0.1) is 13.2 Å². The Morgan fingerprint density at radius 1 is 1.44 bits per heavy atom. The number of ether oxygens (including phenoxy) is 1. The molecular formula is C13H21NO2. The number of aliphatic hydroxyl groups excluding tert-OH is 1. The molecule has 0 saturated heterocycles. The van der Waals surface area contributed by atoms with Gasteiger partial charge in [-0.05, 0) is 31.0 Å². The van der Waals surface area contributed by atoms with Gasteiger partial charge in [0.15, 0.2) is 0 Å². The van der Waals surface area contributed by atoms with Crippen LogP contribution < -0.4 is 10.1 Å². The fourth-order valence-corrected chi connectivity index (χ4v) is 1.42. The van der Waals surface area contributed by atoms with E-state index in [4.69, 9.17) is 4.74 Å². The Balaban J connectivity index is 2.54. The van der Waals surface area contributed by atoms with E-state index in [0.29, 0.717) is 12.6 Å². The molecule has 0 radical (unpaired) electrons. The summed E-state index contributed by atoms with van der Waals surface area (Å²) in [6.07, 6.45) is 0.578. The van der Waals surface area contributed by atoms with Crippen molar-refractivity contribution in [3.05, 3.63) is 29.8 Å². The van der Waals surface area contributed by atoms with Crippen LogP contribution in [-0.4, -0.2) is 24.8 Å². The molecule has 0 amide bonds. The molecule has 0 aliphatic carbocycles. The first kappa shape index (κ1) is 13.0. The maximum absolute atomic E-state index is 9.97. The molecule has 0 aliphatic heterocycles. The van der Waals surface area contributed by atoms with Crippen LogP contribution >= 0.6 is 0 Å². The number of rotatable bonds is 6. The van der Waals surface area contributed by atoms with E-state index in [-0.39, 0.29) is 0 Å². The van der Waals surface area contributed by atoms with Gasteiger partial charge in [-0.3, -0.25) is 0 Å². The summed E-state index contributed by atoms with van der Waals surface area (Å²) in [7, 11) is 1.63. The summed E-state index contributed by atoms with van der Waals surface area (Å²) in [6, 6.07) is 7.97. The molecule has 0 aromatic heterocycles. The van der Waals surface area contributed by atoms with E-state index < -0.39 is 6.10 Å². The van der Waals surface area contributed by atoms with E-state index in [0.717, 1.165) is 17.7 Å². The highest BCUT2D eigenvalue weighted by Gasteiger charge is 2.09. The topological polar surface area (TPSA) is 41.5 Å². The summed E-state index contributed by atoms with van der Waals surface area (Å²) in [5.41, 5.74) is 0.884. The van der Waals surface area contributed by atoms with Gasteiger partial charge in [-0.25, -0.2) is 0 Å². The number of hydrogen-bond acceptors (Lipinski definition) is 3. The van der Waals surface area contributed by atoms with Crippen molar-refractivity contribution in [2.45, 2.75) is 32.4 Å². The maximum atomic E-state index is 9.97. The van der Waals surface area contributed by atoms with Crippen molar-refractivity contribution in [2.24, 2.45) is 0 Å². The van der Waals surface area contributed by atoms with Gasteiger partial charge in [0.25, 0.3) is 0 Å². The van der Waals surface area contributed by atoms with Crippen molar-refractivity contribution in [3.63, 3.8) is 0 Å². The first-order chi connectivity index (χ1) is 7.67. The first-order valence-corrected chi connectivity index (χ1v) is 5.72. The second-order valence-electron chi connectivity index (χ2n) is 4.01. The van der Waals surface area contributed by atoms with Crippen LogP contribution in [0.1, 0.15) is 31.9 Å². The maximum Gasteiger partial charge on any atom is 0.119 e. The van der Waals surface area contributed by atoms with Gasteiger partial charge < -0.3 is 15.2 Å². The molecule has 0 spiro atoms. The van der Waals surface area contributed by atoms with Gasteiger partial charge in [-0.2, -0.15) is 0 Å². The number of aliphatic hydroxyl groups is 1. The second kappa shape index (κ2) is 6.51. The molecule has 0 saturated carbocycles. The smallest absolute Gasteiger partial charge is 0.119 e. The van der Waals surface area contributed by atoms with Crippen LogP contribution in [0.15, 0.2) is 24.3 Å². The van der Waals surface area contributed by atoms with Crippen molar-refractivity contribution in [2.75, 3.05) is 13.7 Å². The number of benzene rings is 1. The molecule has 1 aromatic carbocycles. The van der Waals surface area contributed by atoms with E-state index in [1.54, 1.807) is 7.11 Å². The average Bonchev–Trinajstić information content (AvgIpc) is 2.35. The monoisotopic (exact) mass is 223 g/mol. The van der Waals surface area contributed by atoms with Gasteiger partial charge >= 0.3 is 0 Å². The Kier molecular flexibility index (Phi) is 5.29. The molecule has 2 atom stereocenters. The summed E-state index contributed by atoms with van der Waals surface area (Å²) in [6.45, 7) is 4.80. The van der Waals surface area contributed by atoms with Gasteiger partial charge in [-0.15, -0.1) is 0 Å². The van der Waals surface area contributed by atoms with Gasteiger partial charge in [0.1, 0.15) is 5.75 Å². The molecule has 2 N–H and O–H groups in total. The summed E-state index contributed by atoms with van der Waals surface area (Å²) in [5.74, 6) is 0.778. The summed E-state index contributed by atoms with van der Waals surface area (Å²) < 4.78 is 5.12. The summed E-state index contributed by atoms with van der Waals surface area (Å²) in [5, 5.41) is 13.2. The van der Waals surface area contributed by atoms with Crippen LogP contribution in [0.3, 0.4) is 0 Å². The fourth-order valence-electron chi connectivity index (χ4n) is 1.42. The minimum atomic E-state index is -0.482. The third-order valence-electron chi connectivity index (χ3n) is 2.75. The molecule has 0 fully saturated rings. The van der Waals surface area contributed by atoms with Crippen LogP contribution in [0.25, 0.3) is 0 Å². The van der Waals surface area contributed by atoms with Crippen LogP contribution in [0.4, 0.5) is 0 Å². The Labute approximate surface area is 97.4 Å². The summed E-state index contributed by atoms with van der Waals surface area (Å²) >= 11 is 0. The highest BCUT2D eigenvalue weighted by molar-refractivity contribution is 5.29. The molecule has 1 rings (SSSR count). The molecule has 1 aromatic rings. The van der Waals surface area contributed by atoms with E-state index in [1.807, 2.05) is 24.3 Å². The lowest BCUT2D eigenvalue weighted by Gasteiger charge is -2.16. The fraction of sp³-hybridized carbons (Fsp3) is 0.538. The number of nitrogens with one attached hydrogen (secondary N) is 1. The Morgan fingerprint density at radius 2 is 2.19 bits per heavy atom. The van der Waals surface area contributed by atoms with E-state index in [2.05, 4.69) is 19.2 Å². The van der Waals surface area contributed by atoms with Crippen LogP contribution in [0, 0.1) is 0 Å². The lowest BCUT2D eigenvalue weighted by Crippen LogP contribution is -2.29. The molecule has 0 heterocycles. The zero-order valence-electron chi connectivity index (χ0n) is 10.2. The minimum absolute atomic E-state index is 0.431. The normalized spacial score (nSPS) is 14.5. The van der Waals surface area contributed by atoms with Gasteiger partial charge in [-0.1, -0.05) is 19.1 Å². The lowest BCUT2D eigenvalue weighted by atomic mass is 10.1. The van der Waals surface area contributed by atoms with Gasteiger partial charge in [0.2, 0.25) is 0 Å². The molecule has 16 heavy (non-hydrogen) atoms. The molecule has 3 nitrogen and oxygen atoms in total. The predicted octanol–water partition coefficient (Wildman–Crippen LogP) is 2.12. The molecule has 3 heteroatoms. The molecule has 0 aliphatic rings. The third-order valence-corrected chi connectivity index (χ3v) is 2.75. The Morgan fingerprint density at radius 3 is 2.81 bits per heavy atom. The zero-order valence-corrected chi connectivity index (χ0v) is 10.2. The predicted molar refractivity (Wildman–Crippen MR) is 65.7 cm³/mol. The van der Waals surface area contributed by atoms with Gasteiger partial charge in [0, 0.05) is 12.6 Å². The van der Waals surface area contributed by atoms with Crippen LogP contribution in [0.5, 0.6) is 5.75 Å². The molecule has 2 unspecified atom stereocenters. The van der Waals surface area contributed by atoms with E-state index >= 15 is 0 Å². The Hall–Kier alpha value is -1.06. The number of hydrogen-bond donors (Lipinski definition) is 2. The second-order valence-corrected chi connectivity index (χ2v) is 4.01. The van der Waals surface area contributed by atoms with Crippen molar-refractivity contribution < 1.29 is 9.84 Å². The van der Waals surface area contributed by atoms with E-state index in [1.165, 1.54) is 0 Å². The minimum Gasteiger partial charge on any atom is -0.497 e. The largest absolute Gasteiger partial charge is 0.497 e. The van der Waals surface area contributed by atoms with E-state index in [9.17, 15) is 5.11 Å². The van der Waals surface area contributed by atoms with Crippen molar-refractivity contribution in [1.82, 2.24) is 5.32 Å². The van der Waals surface area contributed by atoms with Crippen LogP contribution in [0.2, 0.25) is 0 Å².